The molecule has 0 aromatic rings. The average molecular weight is 130 g/mol. The highest BCUT2D eigenvalue weighted by Crippen LogP contribution is 1.96. The molecule has 0 fully saturated rings. The summed E-state index contributed by atoms with van der Waals surface area (Å²) in [6, 6.07) is 0. The number of aliphatic hydroxyl groups is 1. The van der Waals surface area contributed by atoms with Crippen LogP contribution < -0.4 is 0 Å². The first-order chi connectivity index (χ1) is 4.35. The minimum Gasteiger partial charge on any atom is -0.496 e. The van der Waals surface area contributed by atoms with Crippen molar-refractivity contribution < 1.29 is 9.84 Å². The van der Waals surface area contributed by atoms with E-state index in [0.29, 0.717) is 12.4 Å². The molecule has 0 aliphatic heterocycles. The second-order valence-electron chi connectivity index (χ2n) is 1.67. The average Bonchev–Trinajstić information content (AvgIpc) is 1.88. The fourth-order valence-corrected chi connectivity index (χ4v) is 0.582. The van der Waals surface area contributed by atoms with Crippen molar-refractivity contribution in [3.05, 3.63) is 11.8 Å². The third kappa shape index (κ3) is 4.03. The third-order valence-electron chi connectivity index (χ3n) is 0.917. The summed E-state index contributed by atoms with van der Waals surface area (Å²) in [4.78, 5) is 0. The molecule has 0 saturated carbocycles. The van der Waals surface area contributed by atoms with Crippen molar-refractivity contribution in [1.82, 2.24) is 0 Å². The molecule has 0 heterocycles. The van der Waals surface area contributed by atoms with E-state index in [1.165, 1.54) is 0 Å². The van der Waals surface area contributed by atoms with Crippen LogP contribution >= 0.6 is 0 Å². The molecule has 0 spiro atoms. The van der Waals surface area contributed by atoms with Crippen molar-refractivity contribution in [1.29, 1.82) is 0 Å². The molecule has 0 aliphatic carbocycles. The van der Waals surface area contributed by atoms with Gasteiger partial charge in [-0.1, -0.05) is 6.92 Å². The van der Waals surface area contributed by atoms with E-state index in [1.807, 2.05) is 19.9 Å². The summed E-state index contributed by atoms with van der Waals surface area (Å²) < 4.78 is 5.04. The van der Waals surface area contributed by atoms with Crippen LogP contribution in [0.3, 0.4) is 0 Å². The maximum Gasteiger partial charge on any atom is 0.117 e. The van der Waals surface area contributed by atoms with Crippen LogP contribution in [0.4, 0.5) is 0 Å². The molecule has 0 atom stereocenters. The van der Waals surface area contributed by atoms with Gasteiger partial charge in [-0.15, -0.1) is 0 Å². The van der Waals surface area contributed by atoms with Crippen molar-refractivity contribution in [2.75, 3.05) is 13.2 Å². The van der Waals surface area contributed by atoms with Gasteiger partial charge in [-0.2, -0.15) is 0 Å². The standard InChI is InChI=1S/C7H14O2/c1-3-5-7(6-8)9-4-2/h5,8H,3-4,6H2,1-2H3. The minimum absolute atomic E-state index is 0.0156. The maximum atomic E-state index is 8.59. The lowest BCUT2D eigenvalue weighted by atomic mass is 10.4. The number of aliphatic hydroxyl groups excluding tert-OH is 1. The Labute approximate surface area is 56.1 Å². The van der Waals surface area contributed by atoms with Crippen LogP contribution in [0.15, 0.2) is 11.8 Å². The molecule has 0 bridgehead atoms. The van der Waals surface area contributed by atoms with Crippen LogP contribution in [0.2, 0.25) is 0 Å². The Morgan fingerprint density at radius 3 is 2.56 bits per heavy atom. The molecule has 0 saturated heterocycles. The molecule has 0 aromatic heterocycles. The van der Waals surface area contributed by atoms with E-state index >= 15 is 0 Å². The molecule has 9 heavy (non-hydrogen) atoms. The van der Waals surface area contributed by atoms with E-state index in [-0.39, 0.29) is 6.61 Å². The molecule has 1 N–H and O–H groups in total. The van der Waals surface area contributed by atoms with Gasteiger partial charge in [0.05, 0.1) is 6.61 Å². The first kappa shape index (κ1) is 8.50. The summed E-state index contributed by atoms with van der Waals surface area (Å²) in [5.74, 6) is 0.681. The SMILES string of the molecule is CCC=C(CO)OCC. The Kier molecular flexibility index (Phi) is 5.32. The Hall–Kier alpha value is -0.500. The van der Waals surface area contributed by atoms with Crippen molar-refractivity contribution in [2.24, 2.45) is 0 Å². The fourth-order valence-electron chi connectivity index (χ4n) is 0.582. The van der Waals surface area contributed by atoms with Gasteiger partial charge in [0, 0.05) is 0 Å². The molecular weight excluding hydrogens is 116 g/mol. The van der Waals surface area contributed by atoms with Crippen LogP contribution in [0.1, 0.15) is 20.3 Å². The first-order valence-electron chi connectivity index (χ1n) is 3.27. The zero-order valence-corrected chi connectivity index (χ0v) is 6.05. The van der Waals surface area contributed by atoms with E-state index in [2.05, 4.69) is 0 Å². The van der Waals surface area contributed by atoms with Crippen LogP contribution in [0.5, 0.6) is 0 Å². The summed E-state index contributed by atoms with van der Waals surface area (Å²) in [5.41, 5.74) is 0. The Bertz CT molecular complexity index is 86.9. The van der Waals surface area contributed by atoms with Crippen LogP contribution in [0.25, 0.3) is 0 Å². The van der Waals surface area contributed by atoms with Gasteiger partial charge in [0.1, 0.15) is 12.4 Å². The lowest BCUT2D eigenvalue weighted by Gasteiger charge is -2.02. The molecule has 0 amide bonds. The molecule has 2 nitrogen and oxygen atoms in total. The van der Waals surface area contributed by atoms with Crippen LogP contribution in [-0.2, 0) is 4.74 Å². The summed E-state index contributed by atoms with van der Waals surface area (Å²) in [7, 11) is 0. The highest BCUT2D eigenvalue weighted by atomic mass is 16.5. The van der Waals surface area contributed by atoms with Crippen molar-refractivity contribution in [3.63, 3.8) is 0 Å². The number of rotatable bonds is 4. The molecule has 0 rings (SSSR count). The molecule has 0 aromatic carbocycles. The predicted octanol–water partition coefficient (Wildman–Crippen LogP) is 1.31. The summed E-state index contributed by atoms with van der Waals surface area (Å²) >= 11 is 0. The predicted molar refractivity (Wildman–Crippen MR) is 37.1 cm³/mol. The van der Waals surface area contributed by atoms with Gasteiger partial charge in [0.25, 0.3) is 0 Å². The zero-order valence-electron chi connectivity index (χ0n) is 6.05. The Morgan fingerprint density at radius 1 is 1.56 bits per heavy atom. The third-order valence-corrected chi connectivity index (χ3v) is 0.917. The quantitative estimate of drug-likeness (QED) is 0.581. The summed E-state index contributed by atoms with van der Waals surface area (Å²) in [5, 5.41) is 8.59. The van der Waals surface area contributed by atoms with E-state index in [0.717, 1.165) is 6.42 Å². The number of hydrogen-bond donors (Lipinski definition) is 1. The summed E-state index contributed by atoms with van der Waals surface area (Å²) in [6.07, 6.45) is 2.79. The van der Waals surface area contributed by atoms with Crippen molar-refractivity contribution in [3.8, 4) is 0 Å². The molecule has 0 unspecified atom stereocenters. The number of hydrogen-bond acceptors (Lipinski definition) is 2. The van der Waals surface area contributed by atoms with E-state index in [1.54, 1.807) is 0 Å². The van der Waals surface area contributed by atoms with Gasteiger partial charge in [0.2, 0.25) is 0 Å². The highest BCUT2D eigenvalue weighted by molar-refractivity contribution is 4.91. The smallest absolute Gasteiger partial charge is 0.117 e. The van der Waals surface area contributed by atoms with Gasteiger partial charge >= 0.3 is 0 Å². The molecule has 0 aliphatic rings. The van der Waals surface area contributed by atoms with Crippen LogP contribution in [-0.4, -0.2) is 18.3 Å². The summed E-state index contributed by atoms with van der Waals surface area (Å²) in [6.45, 7) is 4.56. The lowest BCUT2D eigenvalue weighted by Crippen LogP contribution is -1.95. The van der Waals surface area contributed by atoms with Gasteiger partial charge < -0.3 is 9.84 Å². The van der Waals surface area contributed by atoms with Gasteiger partial charge in [-0.25, -0.2) is 0 Å². The van der Waals surface area contributed by atoms with E-state index in [9.17, 15) is 0 Å². The number of ether oxygens (including phenoxy) is 1. The normalized spacial score (nSPS) is 11.7. The molecule has 2 heteroatoms. The van der Waals surface area contributed by atoms with Gasteiger partial charge in [-0.05, 0) is 19.4 Å². The largest absolute Gasteiger partial charge is 0.496 e. The Morgan fingerprint density at radius 2 is 2.22 bits per heavy atom. The maximum absolute atomic E-state index is 8.59. The second-order valence-corrected chi connectivity index (χ2v) is 1.67. The monoisotopic (exact) mass is 130 g/mol. The second kappa shape index (κ2) is 5.63. The Balaban J connectivity index is 3.53. The first-order valence-corrected chi connectivity index (χ1v) is 3.27. The number of allylic oxidation sites excluding steroid dienone is 1. The van der Waals surface area contributed by atoms with Crippen molar-refractivity contribution in [2.45, 2.75) is 20.3 Å². The van der Waals surface area contributed by atoms with E-state index < -0.39 is 0 Å². The fraction of sp³-hybridized carbons (Fsp3) is 0.714. The molecular formula is C7H14O2. The van der Waals surface area contributed by atoms with Gasteiger partial charge in [0.15, 0.2) is 0 Å². The lowest BCUT2D eigenvalue weighted by molar-refractivity contribution is 0.170. The molecule has 0 radical (unpaired) electrons. The highest BCUT2D eigenvalue weighted by Gasteiger charge is 1.89. The van der Waals surface area contributed by atoms with E-state index in [4.69, 9.17) is 9.84 Å². The van der Waals surface area contributed by atoms with Gasteiger partial charge in [-0.3, -0.25) is 0 Å². The van der Waals surface area contributed by atoms with Crippen LogP contribution in [0, 0.1) is 0 Å². The zero-order chi connectivity index (χ0) is 7.11. The minimum atomic E-state index is 0.0156. The van der Waals surface area contributed by atoms with Crippen molar-refractivity contribution >= 4 is 0 Å². The topological polar surface area (TPSA) is 29.5 Å². The molecule has 54 valence electrons.